The molecular weight excluding hydrogens is 458 g/mol. The molecule has 3 unspecified atom stereocenters. The second-order valence-electron chi connectivity index (χ2n) is 11.2. The fourth-order valence-electron chi connectivity index (χ4n) is 4.53. The first kappa shape index (κ1) is 29.5. The van der Waals surface area contributed by atoms with Gasteiger partial charge in [-0.05, 0) is 70.6 Å². The topological polar surface area (TPSA) is 108 Å². The molecule has 2 rings (SSSR count). The highest BCUT2D eigenvalue weighted by Crippen LogP contribution is 2.29. The highest BCUT2D eigenvalue weighted by atomic mass is 16.6. The molecule has 1 aliphatic rings. The molecule has 8 nitrogen and oxygen atoms in total. The number of amides is 3. The minimum Gasteiger partial charge on any atom is -0.508 e. The third-order valence-electron chi connectivity index (χ3n) is 6.61. The van der Waals surface area contributed by atoms with Gasteiger partial charge in [0.1, 0.15) is 23.4 Å². The zero-order valence-electron chi connectivity index (χ0n) is 23.0. The lowest BCUT2D eigenvalue weighted by atomic mass is 9.93. The summed E-state index contributed by atoms with van der Waals surface area (Å²) in [7, 11) is 0. The molecule has 1 aromatic rings. The normalized spacial score (nSPS) is 17.1. The highest BCUT2D eigenvalue weighted by molar-refractivity contribution is 5.92. The van der Waals surface area contributed by atoms with Crippen LogP contribution in [0.4, 0.5) is 4.79 Å². The molecule has 0 spiro atoms. The minimum absolute atomic E-state index is 0.0699. The Kier molecular flexibility index (Phi) is 10.6. The van der Waals surface area contributed by atoms with E-state index in [1.54, 1.807) is 37.8 Å². The van der Waals surface area contributed by atoms with Crippen molar-refractivity contribution in [2.75, 3.05) is 0 Å². The highest BCUT2D eigenvalue weighted by Gasteiger charge is 2.40. The molecule has 0 radical (unpaired) electrons. The number of benzene rings is 1. The van der Waals surface area contributed by atoms with Gasteiger partial charge in [-0.25, -0.2) is 4.79 Å². The van der Waals surface area contributed by atoms with E-state index in [9.17, 15) is 19.5 Å². The van der Waals surface area contributed by atoms with E-state index < -0.39 is 23.8 Å². The number of ether oxygens (including phenoxy) is 1. The number of hydrogen-bond donors (Lipinski definition) is 3. The second-order valence-corrected chi connectivity index (χ2v) is 11.2. The summed E-state index contributed by atoms with van der Waals surface area (Å²) in [6, 6.07) is 4.40. The van der Waals surface area contributed by atoms with Crippen molar-refractivity contribution in [2.45, 2.75) is 117 Å². The summed E-state index contributed by atoms with van der Waals surface area (Å²) in [4.78, 5) is 42.1. The lowest BCUT2D eigenvalue weighted by molar-refractivity contribution is -0.146. The van der Waals surface area contributed by atoms with Crippen molar-refractivity contribution >= 4 is 17.9 Å². The second kappa shape index (κ2) is 13.0. The van der Waals surface area contributed by atoms with E-state index in [0.717, 1.165) is 32.1 Å². The molecule has 0 bridgehead atoms. The molecule has 0 aliphatic heterocycles. The molecule has 1 fully saturated rings. The molecular formula is C28H45N3O5. The lowest BCUT2D eigenvalue weighted by Gasteiger charge is -2.39. The van der Waals surface area contributed by atoms with Crippen molar-refractivity contribution in [3.05, 3.63) is 29.8 Å². The van der Waals surface area contributed by atoms with Crippen molar-refractivity contribution in [2.24, 2.45) is 5.92 Å². The Morgan fingerprint density at radius 1 is 1.06 bits per heavy atom. The fourth-order valence-corrected chi connectivity index (χ4v) is 4.53. The maximum Gasteiger partial charge on any atom is 0.408 e. The summed E-state index contributed by atoms with van der Waals surface area (Å²) in [5.41, 5.74) is -0.103. The maximum absolute atomic E-state index is 14.1. The molecule has 1 aromatic carbocycles. The molecule has 1 aliphatic carbocycles. The summed E-state index contributed by atoms with van der Waals surface area (Å²) < 4.78 is 5.41. The van der Waals surface area contributed by atoms with Crippen LogP contribution in [0.5, 0.6) is 5.75 Å². The van der Waals surface area contributed by atoms with Crippen molar-refractivity contribution in [3.63, 3.8) is 0 Å². The number of hydrogen-bond acceptors (Lipinski definition) is 5. The van der Waals surface area contributed by atoms with Gasteiger partial charge in [0.25, 0.3) is 0 Å². The average Bonchev–Trinajstić information content (AvgIpc) is 2.80. The van der Waals surface area contributed by atoms with Crippen LogP contribution < -0.4 is 10.6 Å². The minimum atomic E-state index is -0.906. The molecule has 3 N–H and O–H groups in total. The van der Waals surface area contributed by atoms with Crippen LogP contribution in [0, 0.1) is 5.92 Å². The van der Waals surface area contributed by atoms with Crippen LogP contribution in [0.2, 0.25) is 0 Å². The van der Waals surface area contributed by atoms with Gasteiger partial charge in [0.15, 0.2) is 0 Å². The van der Waals surface area contributed by atoms with Crippen LogP contribution >= 0.6 is 0 Å². The number of phenolic OH excluding ortho intramolecular Hbond substituents is 1. The Bertz CT molecular complexity index is 872. The van der Waals surface area contributed by atoms with E-state index in [1.165, 1.54) is 12.1 Å². The molecule has 0 saturated heterocycles. The quantitative estimate of drug-likeness (QED) is 0.437. The first-order valence-corrected chi connectivity index (χ1v) is 13.2. The molecule has 3 amide bonds. The van der Waals surface area contributed by atoms with Crippen LogP contribution in [-0.2, 0) is 14.3 Å². The molecule has 0 heterocycles. The Morgan fingerprint density at radius 2 is 1.64 bits per heavy atom. The van der Waals surface area contributed by atoms with Gasteiger partial charge in [0.05, 0.1) is 0 Å². The first-order valence-electron chi connectivity index (χ1n) is 13.2. The van der Waals surface area contributed by atoms with Crippen LogP contribution in [0.3, 0.4) is 0 Å². The predicted octanol–water partition coefficient (Wildman–Crippen LogP) is 5.06. The van der Waals surface area contributed by atoms with Crippen LogP contribution in [0.25, 0.3) is 0 Å². The number of nitrogens with zero attached hydrogens (tertiary/aromatic N) is 1. The van der Waals surface area contributed by atoms with Gasteiger partial charge >= 0.3 is 6.09 Å². The Labute approximate surface area is 216 Å². The van der Waals surface area contributed by atoms with Gasteiger partial charge in [-0.15, -0.1) is 0 Å². The van der Waals surface area contributed by atoms with Crippen LogP contribution in [0.15, 0.2) is 24.3 Å². The van der Waals surface area contributed by atoms with Gasteiger partial charge in [0.2, 0.25) is 11.8 Å². The van der Waals surface area contributed by atoms with E-state index in [1.807, 2.05) is 27.7 Å². The summed E-state index contributed by atoms with van der Waals surface area (Å²) in [5.74, 6) is -0.750. The Hall–Kier alpha value is -2.77. The van der Waals surface area contributed by atoms with E-state index in [4.69, 9.17) is 4.74 Å². The predicted molar refractivity (Wildman–Crippen MR) is 140 cm³/mol. The van der Waals surface area contributed by atoms with Gasteiger partial charge in [-0.3, -0.25) is 9.59 Å². The average molecular weight is 504 g/mol. The van der Waals surface area contributed by atoms with E-state index in [2.05, 4.69) is 10.6 Å². The van der Waals surface area contributed by atoms with Gasteiger partial charge < -0.3 is 25.4 Å². The zero-order chi connectivity index (χ0) is 27.0. The lowest BCUT2D eigenvalue weighted by Crippen LogP contribution is -2.57. The third-order valence-corrected chi connectivity index (χ3v) is 6.61. The monoisotopic (exact) mass is 503 g/mol. The summed E-state index contributed by atoms with van der Waals surface area (Å²) >= 11 is 0. The van der Waals surface area contributed by atoms with Gasteiger partial charge in [-0.1, -0.05) is 52.2 Å². The zero-order valence-corrected chi connectivity index (χ0v) is 23.0. The molecule has 202 valence electrons. The van der Waals surface area contributed by atoms with Crippen molar-refractivity contribution < 1.29 is 24.2 Å². The fraction of sp³-hybridized carbons (Fsp3) is 0.679. The molecule has 0 aromatic heterocycles. The summed E-state index contributed by atoms with van der Waals surface area (Å²) in [5, 5.41) is 15.8. The molecule has 8 heteroatoms. The number of nitrogens with one attached hydrogen (secondary N) is 2. The SMILES string of the molecule is CCC(C)N(C(=O)C(NC(=O)OC(C)(C)C)C(C)C)C(C(=O)NC1CCCCC1)c1ccc(O)cc1. The van der Waals surface area contributed by atoms with Crippen molar-refractivity contribution in [3.8, 4) is 5.75 Å². The number of phenols is 1. The number of carbonyl (C=O) groups excluding carboxylic acids is 3. The number of aromatic hydroxyl groups is 1. The standard InChI is InChI=1S/C28H45N3O5/c1-8-19(4)31(26(34)23(18(2)3)30-27(35)36-28(5,6)7)24(20-14-16-22(32)17-15-20)25(33)29-21-12-10-9-11-13-21/h14-19,21,23-24,32H,8-13H2,1-7H3,(H,29,33)(H,30,35). The molecule has 3 atom stereocenters. The van der Waals surface area contributed by atoms with Gasteiger partial charge in [0, 0.05) is 12.1 Å². The molecule has 1 saturated carbocycles. The van der Waals surface area contributed by atoms with Crippen molar-refractivity contribution in [1.82, 2.24) is 15.5 Å². The van der Waals surface area contributed by atoms with Crippen LogP contribution in [0.1, 0.15) is 98.6 Å². The number of carbonyl (C=O) groups is 3. The van der Waals surface area contributed by atoms with E-state index in [0.29, 0.717) is 12.0 Å². The largest absolute Gasteiger partial charge is 0.508 e. The third kappa shape index (κ3) is 8.42. The smallest absolute Gasteiger partial charge is 0.408 e. The number of rotatable bonds is 9. The summed E-state index contributed by atoms with van der Waals surface area (Å²) in [6.45, 7) is 12.9. The van der Waals surface area contributed by atoms with Gasteiger partial charge in [-0.2, -0.15) is 0 Å². The van der Waals surface area contributed by atoms with Crippen LogP contribution in [-0.4, -0.2) is 51.6 Å². The Balaban J connectivity index is 2.46. The first-order chi connectivity index (χ1) is 16.8. The maximum atomic E-state index is 14.1. The van der Waals surface area contributed by atoms with E-state index in [-0.39, 0.29) is 35.6 Å². The Morgan fingerprint density at radius 3 is 2.14 bits per heavy atom. The van der Waals surface area contributed by atoms with E-state index >= 15 is 0 Å². The number of alkyl carbamates (subject to hydrolysis) is 1. The summed E-state index contributed by atoms with van der Waals surface area (Å²) in [6.07, 6.45) is 5.08. The molecule has 36 heavy (non-hydrogen) atoms. The van der Waals surface area contributed by atoms with Crippen molar-refractivity contribution in [1.29, 1.82) is 0 Å².